The summed E-state index contributed by atoms with van der Waals surface area (Å²) in [6.45, 7) is 0. The third-order valence-corrected chi connectivity index (χ3v) is 6.26. The summed E-state index contributed by atoms with van der Waals surface area (Å²) in [7, 11) is -3.00. The van der Waals surface area contributed by atoms with Crippen molar-refractivity contribution in [3.05, 3.63) is 10.0 Å². The van der Waals surface area contributed by atoms with Crippen molar-refractivity contribution in [1.29, 1.82) is 0 Å². The van der Waals surface area contributed by atoms with Crippen LogP contribution in [-0.2, 0) is 16.3 Å². The Bertz CT molecular complexity index is 458. The van der Waals surface area contributed by atoms with Crippen molar-refractivity contribution in [3.63, 3.8) is 0 Å². The second-order valence-corrected chi connectivity index (χ2v) is 7.60. The third kappa shape index (κ3) is 2.55. The third-order valence-electron chi connectivity index (χ3n) is 2.64. The van der Waals surface area contributed by atoms with Crippen molar-refractivity contribution < 1.29 is 8.42 Å². The Morgan fingerprint density at radius 1 is 1.38 bits per heavy atom. The number of hydrogen-bond acceptors (Lipinski definition) is 5. The Balaban J connectivity index is 2.22. The number of aryl methyl sites for hydroxylation is 1. The van der Waals surface area contributed by atoms with Crippen LogP contribution >= 0.6 is 22.9 Å². The van der Waals surface area contributed by atoms with Crippen LogP contribution in [-0.4, -0.2) is 30.2 Å². The van der Waals surface area contributed by atoms with Crippen molar-refractivity contribution in [2.24, 2.45) is 0 Å². The lowest BCUT2D eigenvalue weighted by molar-refractivity contribution is 0.544. The van der Waals surface area contributed by atoms with Crippen LogP contribution in [0.1, 0.15) is 34.5 Å². The van der Waals surface area contributed by atoms with Crippen LogP contribution in [0.2, 0.25) is 0 Å². The molecule has 0 aliphatic carbocycles. The number of hydrogen-bond donors (Lipinski definition) is 0. The van der Waals surface area contributed by atoms with Crippen LogP contribution in [0.15, 0.2) is 0 Å². The maximum Gasteiger partial charge on any atom is 0.159 e. The van der Waals surface area contributed by atoms with Gasteiger partial charge in [-0.1, -0.05) is 6.42 Å². The molecule has 1 aliphatic rings. The van der Waals surface area contributed by atoms with E-state index in [0.717, 1.165) is 17.8 Å². The molecule has 0 amide bonds. The molecule has 0 bridgehead atoms. The van der Waals surface area contributed by atoms with E-state index in [1.54, 1.807) is 0 Å². The second-order valence-electron chi connectivity index (χ2n) is 3.82. The van der Waals surface area contributed by atoms with Gasteiger partial charge >= 0.3 is 0 Å². The van der Waals surface area contributed by atoms with Crippen LogP contribution in [0, 0.1) is 0 Å². The fourth-order valence-electron chi connectivity index (χ4n) is 1.81. The van der Waals surface area contributed by atoms with Crippen LogP contribution in [0.5, 0.6) is 0 Å². The SMILES string of the molecule is O=S1(=O)CCCCC1c1nnc(CCCl)s1. The van der Waals surface area contributed by atoms with Gasteiger partial charge < -0.3 is 0 Å². The maximum absolute atomic E-state index is 11.9. The van der Waals surface area contributed by atoms with Crippen LogP contribution in [0.25, 0.3) is 0 Å². The molecule has 0 spiro atoms. The summed E-state index contributed by atoms with van der Waals surface area (Å²) in [6, 6.07) is 0. The minimum atomic E-state index is -3.00. The van der Waals surface area contributed by atoms with E-state index in [4.69, 9.17) is 11.6 Å². The Labute approximate surface area is 104 Å². The molecule has 0 saturated carbocycles. The molecule has 16 heavy (non-hydrogen) atoms. The summed E-state index contributed by atoms with van der Waals surface area (Å²) < 4.78 is 23.7. The van der Waals surface area contributed by atoms with E-state index in [9.17, 15) is 8.42 Å². The predicted octanol–water partition coefficient (Wildman–Crippen LogP) is 1.96. The van der Waals surface area contributed by atoms with E-state index in [2.05, 4.69) is 10.2 Å². The first kappa shape index (κ1) is 12.3. The molecule has 4 nitrogen and oxygen atoms in total. The monoisotopic (exact) mass is 280 g/mol. The van der Waals surface area contributed by atoms with Crippen LogP contribution < -0.4 is 0 Å². The lowest BCUT2D eigenvalue weighted by atomic mass is 10.2. The number of halogens is 1. The largest absolute Gasteiger partial charge is 0.228 e. The zero-order valence-electron chi connectivity index (χ0n) is 8.73. The molecule has 1 atom stereocenters. The zero-order valence-corrected chi connectivity index (χ0v) is 11.1. The molecular formula is C9H13ClN2O2S2. The highest BCUT2D eigenvalue weighted by molar-refractivity contribution is 7.91. The first-order chi connectivity index (χ1) is 7.63. The Morgan fingerprint density at radius 3 is 2.88 bits per heavy atom. The van der Waals surface area contributed by atoms with Gasteiger partial charge in [0.05, 0.1) is 5.75 Å². The molecule has 2 rings (SSSR count). The molecule has 0 radical (unpaired) electrons. The number of nitrogens with zero attached hydrogens (tertiary/aromatic N) is 2. The van der Waals surface area contributed by atoms with Gasteiger partial charge in [0, 0.05) is 12.3 Å². The second kappa shape index (κ2) is 4.98. The van der Waals surface area contributed by atoms with Gasteiger partial charge in [-0.3, -0.25) is 0 Å². The molecule has 1 aromatic heterocycles. The predicted molar refractivity (Wildman–Crippen MR) is 64.7 cm³/mol. The lowest BCUT2D eigenvalue weighted by Crippen LogP contribution is -2.21. The molecule has 1 aliphatic heterocycles. The fourth-order valence-corrected chi connectivity index (χ4v) is 5.31. The van der Waals surface area contributed by atoms with Gasteiger partial charge in [-0.05, 0) is 12.8 Å². The lowest BCUT2D eigenvalue weighted by Gasteiger charge is -2.19. The molecule has 1 saturated heterocycles. The van der Waals surface area contributed by atoms with E-state index >= 15 is 0 Å². The quantitative estimate of drug-likeness (QED) is 0.794. The minimum absolute atomic E-state index is 0.280. The van der Waals surface area contributed by atoms with Crippen molar-refractivity contribution in [2.45, 2.75) is 30.9 Å². The Hall–Kier alpha value is -0.200. The summed E-state index contributed by atoms with van der Waals surface area (Å²) in [6.07, 6.45) is 3.06. The Kier molecular flexibility index (Phi) is 3.81. The molecule has 1 fully saturated rings. The van der Waals surface area contributed by atoms with E-state index in [1.807, 2.05) is 0 Å². The summed E-state index contributed by atoms with van der Waals surface area (Å²) in [5.74, 6) is 0.772. The smallest absolute Gasteiger partial charge is 0.159 e. The van der Waals surface area contributed by atoms with E-state index in [-0.39, 0.29) is 5.75 Å². The van der Waals surface area contributed by atoms with Crippen LogP contribution in [0.3, 0.4) is 0 Å². The van der Waals surface area contributed by atoms with Crippen molar-refractivity contribution >= 4 is 32.8 Å². The normalized spacial score (nSPS) is 24.4. The highest BCUT2D eigenvalue weighted by atomic mass is 35.5. The van der Waals surface area contributed by atoms with Gasteiger partial charge in [0.25, 0.3) is 0 Å². The first-order valence-corrected chi connectivity index (χ1v) is 8.30. The number of sulfone groups is 1. The number of rotatable bonds is 3. The summed E-state index contributed by atoms with van der Waals surface area (Å²) >= 11 is 6.99. The van der Waals surface area contributed by atoms with E-state index in [1.165, 1.54) is 11.3 Å². The highest BCUT2D eigenvalue weighted by Crippen LogP contribution is 2.34. The van der Waals surface area contributed by atoms with Crippen molar-refractivity contribution in [1.82, 2.24) is 10.2 Å². The van der Waals surface area contributed by atoms with Gasteiger partial charge in [-0.2, -0.15) is 0 Å². The van der Waals surface area contributed by atoms with Gasteiger partial charge in [0.15, 0.2) is 9.84 Å². The van der Waals surface area contributed by atoms with Gasteiger partial charge in [-0.15, -0.1) is 33.1 Å². The molecular weight excluding hydrogens is 268 g/mol. The van der Waals surface area contributed by atoms with Gasteiger partial charge in [-0.25, -0.2) is 8.42 Å². The molecule has 0 aromatic carbocycles. The molecule has 1 unspecified atom stereocenters. The van der Waals surface area contributed by atoms with Crippen molar-refractivity contribution in [2.75, 3.05) is 11.6 Å². The van der Waals surface area contributed by atoms with Crippen molar-refractivity contribution in [3.8, 4) is 0 Å². The first-order valence-electron chi connectivity index (χ1n) is 5.23. The maximum atomic E-state index is 11.9. The van der Waals surface area contributed by atoms with Crippen LogP contribution in [0.4, 0.5) is 0 Å². The number of alkyl halides is 1. The number of aromatic nitrogens is 2. The van der Waals surface area contributed by atoms with E-state index in [0.29, 0.717) is 23.7 Å². The molecule has 7 heteroatoms. The molecule has 90 valence electrons. The summed E-state index contributed by atoms with van der Waals surface area (Å²) in [4.78, 5) is 0. The van der Waals surface area contributed by atoms with E-state index < -0.39 is 15.1 Å². The molecule has 0 N–H and O–H groups in total. The topological polar surface area (TPSA) is 59.9 Å². The minimum Gasteiger partial charge on any atom is -0.228 e. The highest BCUT2D eigenvalue weighted by Gasteiger charge is 2.32. The fraction of sp³-hybridized carbons (Fsp3) is 0.778. The average molecular weight is 281 g/mol. The average Bonchev–Trinajstić information content (AvgIpc) is 2.66. The van der Waals surface area contributed by atoms with Gasteiger partial charge in [0.2, 0.25) is 0 Å². The Morgan fingerprint density at radius 2 is 2.19 bits per heavy atom. The molecule has 2 heterocycles. The summed E-state index contributed by atoms with van der Waals surface area (Å²) in [5, 5.41) is 8.99. The zero-order chi connectivity index (χ0) is 11.6. The standard InChI is InChI=1S/C9H13ClN2O2S2/c10-5-4-8-11-12-9(15-8)7-3-1-2-6-16(7,13)14/h7H,1-6H2. The molecule has 1 aromatic rings. The van der Waals surface area contributed by atoms with Gasteiger partial charge in [0.1, 0.15) is 15.3 Å². The summed E-state index contributed by atoms with van der Waals surface area (Å²) in [5.41, 5.74) is 0.